The van der Waals surface area contributed by atoms with E-state index in [9.17, 15) is 0 Å². The molecule has 0 spiro atoms. The van der Waals surface area contributed by atoms with Crippen LogP contribution >= 0.6 is 7.92 Å². The van der Waals surface area contributed by atoms with E-state index in [4.69, 9.17) is 4.74 Å². The van der Waals surface area contributed by atoms with E-state index in [1.807, 2.05) is 0 Å². The van der Waals surface area contributed by atoms with Crippen LogP contribution in [0.4, 0.5) is 0 Å². The largest absolute Gasteiger partial charge is 0.488 e. The number of ether oxygens (including phenoxy) is 1. The Hall–Kier alpha value is -3.67. The Morgan fingerprint density at radius 1 is 0.538 bits per heavy atom. The van der Waals surface area contributed by atoms with Crippen LogP contribution in [0.1, 0.15) is 33.3 Å². The van der Waals surface area contributed by atoms with E-state index in [1.54, 1.807) is 0 Å². The highest BCUT2D eigenvalue weighted by atomic mass is 31.1. The summed E-state index contributed by atoms with van der Waals surface area (Å²) in [5.74, 6) is 0.946. The van der Waals surface area contributed by atoms with Gasteiger partial charge in [0.1, 0.15) is 12.4 Å². The van der Waals surface area contributed by atoms with Gasteiger partial charge in [-0.05, 0) is 66.6 Å². The molecule has 0 atom stereocenters. The van der Waals surface area contributed by atoms with Gasteiger partial charge in [-0.3, -0.25) is 0 Å². The van der Waals surface area contributed by atoms with Gasteiger partial charge in [-0.2, -0.15) is 0 Å². The third-order valence-electron chi connectivity index (χ3n) is 7.65. The second kappa shape index (κ2) is 10.8. The fourth-order valence-corrected chi connectivity index (χ4v) is 9.05. The van der Waals surface area contributed by atoms with Crippen molar-refractivity contribution >= 4 is 45.5 Å². The topological polar surface area (TPSA) is 9.23 Å². The lowest BCUT2D eigenvalue weighted by Crippen LogP contribution is -2.18. The number of hydrogen-bond acceptors (Lipinski definition) is 1. The van der Waals surface area contributed by atoms with Crippen molar-refractivity contribution in [3.8, 4) is 16.9 Å². The summed E-state index contributed by atoms with van der Waals surface area (Å²) in [5.41, 5.74) is 4.90. The van der Waals surface area contributed by atoms with Crippen molar-refractivity contribution in [2.24, 2.45) is 0 Å². The highest BCUT2D eigenvalue weighted by molar-refractivity contribution is 7.67. The van der Waals surface area contributed by atoms with Crippen molar-refractivity contribution < 1.29 is 4.74 Å². The Kier molecular flexibility index (Phi) is 7.11. The van der Waals surface area contributed by atoms with Crippen molar-refractivity contribution in [1.82, 2.24) is 0 Å². The Labute approximate surface area is 233 Å². The molecule has 6 aromatic rings. The van der Waals surface area contributed by atoms with Crippen molar-refractivity contribution in [3.05, 3.63) is 121 Å². The van der Waals surface area contributed by atoms with Crippen molar-refractivity contribution in [3.63, 3.8) is 0 Å². The average molecular weight is 527 g/mol. The van der Waals surface area contributed by atoms with Crippen LogP contribution in [-0.4, -0.2) is 11.3 Å². The van der Waals surface area contributed by atoms with Crippen LogP contribution in [-0.2, 0) is 6.61 Å². The van der Waals surface area contributed by atoms with Gasteiger partial charge in [0.2, 0.25) is 0 Å². The van der Waals surface area contributed by atoms with Gasteiger partial charge >= 0.3 is 0 Å². The minimum atomic E-state index is -0.388. The van der Waals surface area contributed by atoms with Crippen LogP contribution in [0.15, 0.2) is 115 Å². The number of hydrogen-bond donors (Lipinski definition) is 0. The molecule has 6 aromatic carbocycles. The minimum Gasteiger partial charge on any atom is -0.488 e. The first kappa shape index (κ1) is 25.6. The predicted octanol–water partition coefficient (Wildman–Crippen LogP) is 10.3. The van der Waals surface area contributed by atoms with Crippen LogP contribution in [0, 0.1) is 0 Å². The second-order valence-electron chi connectivity index (χ2n) is 10.9. The molecule has 2 heteroatoms. The molecule has 1 nitrogen and oxygen atoms in total. The standard InChI is InChI=1S/C37H35OP/c1-25(2)39(26(3)4)35-22-20-30-13-8-10-16-33(30)37(35)36-32-15-9-7-12-29(32)19-21-34(36)38-24-27-17-18-28-11-5-6-14-31(28)23-27/h5-23,25-26H,24H2,1-4H3. The van der Waals surface area contributed by atoms with Crippen LogP contribution in [0.5, 0.6) is 5.75 Å². The summed E-state index contributed by atoms with van der Waals surface area (Å²) in [6, 6.07) is 41.8. The third-order valence-corrected chi connectivity index (χ3v) is 10.8. The van der Waals surface area contributed by atoms with Crippen LogP contribution in [0.25, 0.3) is 43.4 Å². The lowest BCUT2D eigenvalue weighted by atomic mass is 9.93. The van der Waals surface area contributed by atoms with E-state index < -0.39 is 0 Å². The quantitative estimate of drug-likeness (QED) is 0.188. The first-order chi connectivity index (χ1) is 19.0. The van der Waals surface area contributed by atoms with E-state index >= 15 is 0 Å². The summed E-state index contributed by atoms with van der Waals surface area (Å²) < 4.78 is 6.75. The molecule has 0 saturated carbocycles. The van der Waals surface area contributed by atoms with Crippen molar-refractivity contribution in [2.75, 3.05) is 0 Å². The zero-order valence-corrected chi connectivity index (χ0v) is 24.1. The molecule has 0 saturated heterocycles. The van der Waals surface area contributed by atoms with Gasteiger partial charge in [-0.1, -0.05) is 139 Å². The number of rotatable bonds is 7. The molecule has 194 valence electrons. The first-order valence-electron chi connectivity index (χ1n) is 13.9. The van der Waals surface area contributed by atoms with Gasteiger partial charge in [0, 0.05) is 11.1 Å². The lowest BCUT2D eigenvalue weighted by Gasteiger charge is -2.30. The van der Waals surface area contributed by atoms with Gasteiger partial charge < -0.3 is 4.74 Å². The van der Waals surface area contributed by atoms with E-state index in [2.05, 4.69) is 143 Å². The molecule has 0 heterocycles. The summed E-state index contributed by atoms with van der Waals surface area (Å²) in [6.45, 7) is 10.0. The SMILES string of the molecule is CC(C)P(c1ccc2ccccc2c1-c1c(OCc2ccc3ccccc3c2)ccc2ccccc12)C(C)C. The van der Waals surface area contributed by atoms with E-state index in [1.165, 1.54) is 54.3 Å². The molecule has 0 aliphatic rings. The zero-order chi connectivity index (χ0) is 26.9. The summed E-state index contributed by atoms with van der Waals surface area (Å²) in [7, 11) is -0.388. The maximum absolute atomic E-state index is 6.75. The minimum absolute atomic E-state index is 0.388. The molecule has 0 aromatic heterocycles. The van der Waals surface area contributed by atoms with Crippen LogP contribution < -0.4 is 10.0 Å². The van der Waals surface area contributed by atoms with E-state index in [0.717, 1.165) is 5.75 Å². The molecule has 0 unspecified atom stereocenters. The normalized spacial score (nSPS) is 11.9. The maximum atomic E-state index is 6.75. The Morgan fingerprint density at radius 2 is 1.08 bits per heavy atom. The summed E-state index contributed by atoms with van der Waals surface area (Å²) in [5, 5.41) is 9.02. The smallest absolute Gasteiger partial charge is 0.128 e. The second-order valence-corrected chi connectivity index (χ2v) is 14.3. The number of fused-ring (bicyclic) bond motifs is 3. The molecule has 0 radical (unpaired) electrons. The maximum Gasteiger partial charge on any atom is 0.128 e. The third kappa shape index (κ3) is 4.93. The summed E-state index contributed by atoms with van der Waals surface area (Å²) >= 11 is 0. The van der Waals surface area contributed by atoms with Gasteiger partial charge in [-0.15, -0.1) is 0 Å². The van der Waals surface area contributed by atoms with Crippen LogP contribution in [0.2, 0.25) is 0 Å². The van der Waals surface area contributed by atoms with E-state index in [0.29, 0.717) is 17.9 Å². The highest BCUT2D eigenvalue weighted by Crippen LogP contribution is 2.50. The fraction of sp³-hybridized carbons (Fsp3) is 0.189. The van der Waals surface area contributed by atoms with Gasteiger partial charge in [-0.25, -0.2) is 0 Å². The molecule has 0 amide bonds. The first-order valence-corrected chi connectivity index (χ1v) is 15.4. The van der Waals surface area contributed by atoms with Gasteiger partial charge in [0.25, 0.3) is 0 Å². The molecule has 0 aliphatic carbocycles. The van der Waals surface area contributed by atoms with Gasteiger partial charge in [0.05, 0.1) is 0 Å². The molecule has 0 N–H and O–H groups in total. The predicted molar refractivity (Wildman–Crippen MR) is 172 cm³/mol. The summed E-state index contributed by atoms with van der Waals surface area (Å²) in [4.78, 5) is 0. The molecular formula is C37H35OP. The molecule has 39 heavy (non-hydrogen) atoms. The van der Waals surface area contributed by atoms with Crippen LogP contribution in [0.3, 0.4) is 0 Å². The molecule has 0 bridgehead atoms. The molecular weight excluding hydrogens is 491 g/mol. The monoisotopic (exact) mass is 526 g/mol. The van der Waals surface area contributed by atoms with Crippen molar-refractivity contribution in [2.45, 2.75) is 45.6 Å². The Morgan fingerprint density at radius 3 is 1.74 bits per heavy atom. The number of benzene rings is 6. The summed E-state index contributed by atoms with van der Waals surface area (Å²) in [6.07, 6.45) is 0. The van der Waals surface area contributed by atoms with Crippen molar-refractivity contribution in [1.29, 1.82) is 0 Å². The fourth-order valence-electron chi connectivity index (χ4n) is 6.01. The zero-order valence-electron chi connectivity index (χ0n) is 23.2. The molecule has 0 fully saturated rings. The Balaban J connectivity index is 1.57. The molecule has 6 rings (SSSR count). The molecule has 0 aliphatic heterocycles. The van der Waals surface area contributed by atoms with Gasteiger partial charge in [0.15, 0.2) is 0 Å². The highest BCUT2D eigenvalue weighted by Gasteiger charge is 2.26. The van der Waals surface area contributed by atoms with E-state index in [-0.39, 0.29) is 7.92 Å². The average Bonchev–Trinajstić information content (AvgIpc) is 2.95. The Bertz CT molecular complexity index is 1770. The lowest BCUT2D eigenvalue weighted by molar-refractivity contribution is 0.308.